The maximum atomic E-state index is 10.3. The molecule has 1 atom stereocenters. The van der Waals surface area contributed by atoms with Gasteiger partial charge in [0.25, 0.3) is 0 Å². The quantitative estimate of drug-likeness (QED) is 0.397. The number of benzene rings is 3. The number of hydrogen-bond donors (Lipinski definition) is 1. The van der Waals surface area contributed by atoms with E-state index in [-0.39, 0.29) is 11.8 Å². The van der Waals surface area contributed by atoms with Gasteiger partial charge in [0.15, 0.2) is 5.84 Å². The van der Waals surface area contributed by atoms with Gasteiger partial charge in [-0.05, 0) is 37.6 Å². The standard InChI is InChI=1S/C23H21BrN2O/c1-16(18-9-5-3-6-10-18)25-23(19-11-7-4-8-12-19)26-17(2)21-14-13-20(24)15-22(21)27/h3-16,27H,1-2H3. The molecule has 1 N–H and O–H groups in total. The van der Waals surface area contributed by atoms with Gasteiger partial charge in [-0.1, -0.05) is 76.6 Å². The second-order valence-electron chi connectivity index (χ2n) is 6.26. The Hall–Kier alpha value is -2.72. The molecule has 0 radical (unpaired) electrons. The lowest BCUT2D eigenvalue weighted by atomic mass is 10.1. The van der Waals surface area contributed by atoms with Crippen molar-refractivity contribution in [1.29, 1.82) is 0 Å². The molecule has 0 amide bonds. The number of hydrogen-bond acceptors (Lipinski definition) is 2. The fourth-order valence-corrected chi connectivity index (χ4v) is 3.12. The fraction of sp³-hybridized carbons (Fsp3) is 0.130. The number of amidine groups is 1. The monoisotopic (exact) mass is 420 g/mol. The van der Waals surface area contributed by atoms with Crippen LogP contribution in [0.5, 0.6) is 5.75 Å². The third-order valence-corrected chi connectivity index (χ3v) is 4.75. The molecule has 0 spiro atoms. The molecule has 1 unspecified atom stereocenters. The van der Waals surface area contributed by atoms with Crippen LogP contribution in [0.25, 0.3) is 0 Å². The number of phenols is 1. The molecule has 27 heavy (non-hydrogen) atoms. The average Bonchev–Trinajstić information content (AvgIpc) is 2.68. The predicted molar refractivity (Wildman–Crippen MR) is 116 cm³/mol. The Morgan fingerprint density at radius 2 is 1.56 bits per heavy atom. The van der Waals surface area contributed by atoms with Crippen LogP contribution in [0.4, 0.5) is 0 Å². The number of phenolic OH excluding ortho intramolecular Hbond substituents is 1. The molecule has 3 nitrogen and oxygen atoms in total. The van der Waals surface area contributed by atoms with Crippen LogP contribution in [0.15, 0.2) is 93.3 Å². The van der Waals surface area contributed by atoms with Gasteiger partial charge in [0.2, 0.25) is 0 Å². The number of aromatic hydroxyl groups is 1. The Labute approximate surface area is 168 Å². The molecule has 0 fully saturated rings. The molecule has 3 aromatic carbocycles. The maximum Gasteiger partial charge on any atom is 0.155 e. The molecule has 0 aliphatic heterocycles. The van der Waals surface area contributed by atoms with Gasteiger partial charge < -0.3 is 5.11 Å². The molecule has 0 saturated carbocycles. The third kappa shape index (κ3) is 4.92. The summed E-state index contributed by atoms with van der Waals surface area (Å²) in [6.07, 6.45) is 0. The minimum absolute atomic E-state index is 0.0310. The summed E-state index contributed by atoms with van der Waals surface area (Å²) < 4.78 is 0.825. The second kappa shape index (κ2) is 8.78. The van der Waals surface area contributed by atoms with Crippen molar-refractivity contribution in [3.05, 3.63) is 100 Å². The maximum absolute atomic E-state index is 10.3. The van der Waals surface area contributed by atoms with Gasteiger partial charge in [-0.2, -0.15) is 0 Å². The van der Waals surface area contributed by atoms with Gasteiger partial charge in [-0.3, -0.25) is 4.99 Å². The van der Waals surface area contributed by atoms with Crippen molar-refractivity contribution < 1.29 is 5.11 Å². The van der Waals surface area contributed by atoms with Gasteiger partial charge >= 0.3 is 0 Å². The first-order chi connectivity index (χ1) is 13.0. The van der Waals surface area contributed by atoms with E-state index < -0.39 is 0 Å². The first-order valence-electron chi connectivity index (χ1n) is 8.77. The Kier molecular flexibility index (Phi) is 6.20. The first-order valence-corrected chi connectivity index (χ1v) is 9.56. The highest BCUT2D eigenvalue weighted by Gasteiger charge is 2.10. The summed E-state index contributed by atoms with van der Waals surface area (Å²) in [5.74, 6) is 0.834. The molecule has 136 valence electrons. The number of aliphatic imine (C=N–C) groups is 2. The van der Waals surface area contributed by atoms with Crippen LogP contribution < -0.4 is 0 Å². The lowest BCUT2D eigenvalue weighted by Gasteiger charge is -2.11. The number of nitrogens with zero attached hydrogens (tertiary/aromatic N) is 2. The highest BCUT2D eigenvalue weighted by molar-refractivity contribution is 9.10. The summed E-state index contributed by atoms with van der Waals surface area (Å²) in [6, 6.07) is 25.4. The molecular formula is C23H21BrN2O. The molecule has 0 heterocycles. The lowest BCUT2D eigenvalue weighted by Crippen LogP contribution is -2.06. The van der Waals surface area contributed by atoms with Crippen molar-refractivity contribution in [3.8, 4) is 5.75 Å². The van der Waals surface area contributed by atoms with Gasteiger partial charge in [-0.15, -0.1) is 0 Å². The van der Waals surface area contributed by atoms with Crippen molar-refractivity contribution in [2.45, 2.75) is 19.9 Å². The highest BCUT2D eigenvalue weighted by Crippen LogP contribution is 2.24. The van der Waals surface area contributed by atoms with Gasteiger partial charge in [0, 0.05) is 15.6 Å². The Morgan fingerprint density at radius 3 is 2.19 bits per heavy atom. The van der Waals surface area contributed by atoms with E-state index >= 15 is 0 Å². The zero-order valence-corrected chi connectivity index (χ0v) is 16.9. The largest absolute Gasteiger partial charge is 0.507 e. The smallest absolute Gasteiger partial charge is 0.155 e. The minimum atomic E-state index is -0.0310. The van der Waals surface area contributed by atoms with Gasteiger partial charge in [0.1, 0.15) is 5.75 Å². The van der Waals surface area contributed by atoms with Crippen LogP contribution in [0, 0.1) is 0 Å². The second-order valence-corrected chi connectivity index (χ2v) is 7.18. The lowest BCUT2D eigenvalue weighted by molar-refractivity contribution is 0.474. The van der Waals surface area contributed by atoms with Crippen LogP contribution in [0.1, 0.15) is 36.6 Å². The molecule has 0 bridgehead atoms. The van der Waals surface area contributed by atoms with Crippen LogP contribution in [0.3, 0.4) is 0 Å². The third-order valence-electron chi connectivity index (χ3n) is 4.25. The van der Waals surface area contributed by atoms with Crippen molar-refractivity contribution in [3.63, 3.8) is 0 Å². The topological polar surface area (TPSA) is 45.0 Å². The molecular weight excluding hydrogens is 400 g/mol. The SMILES string of the molecule is CC(=NC(=NC(C)c1ccccc1)c1ccccc1)c1ccc(Br)cc1O. The Morgan fingerprint density at radius 1 is 0.926 bits per heavy atom. The van der Waals surface area contributed by atoms with Crippen molar-refractivity contribution >= 4 is 27.5 Å². The van der Waals surface area contributed by atoms with E-state index in [1.54, 1.807) is 6.07 Å². The molecule has 0 aliphatic rings. The Balaban J connectivity index is 2.04. The predicted octanol–water partition coefficient (Wildman–Crippen LogP) is 6.17. The normalized spacial score (nSPS) is 13.4. The van der Waals surface area contributed by atoms with E-state index in [4.69, 9.17) is 9.98 Å². The van der Waals surface area contributed by atoms with E-state index in [0.717, 1.165) is 15.6 Å². The summed E-state index contributed by atoms with van der Waals surface area (Å²) in [5.41, 5.74) is 3.47. The summed E-state index contributed by atoms with van der Waals surface area (Å²) in [4.78, 5) is 9.63. The van der Waals surface area contributed by atoms with E-state index in [1.165, 1.54) is 0 Å². The van der Waals surface area contributed by atoms with Gasteiger partial charge in [-0.25, -0.2) is 4.99 Å². The molecule has 0 saturated heterocycles. The van der Waals surface area contributed by atoms with Crippen molar-refractivity contribution in [2.75, 3.05) is 0 Å². The molecule has 3 aromatic rings. The van der Waals surface area contributed by atoms with Crippen LogP contribution in [0.2, 0.25) is 0 Å². The number of rotatable bonds is 4. The Bertz CT molecular complexity index is 966. The van der Waals surface area contributed by atoms with E-state index in [9.17, 15) is 5.11 Å². The first kappa shape index (κ1) is 19.1. The minimum Gasteiger partial charge on any atom is -0.507 e. The van der Waals surface area contributed by atoms with E-state index in [0.29, 0.717) is 17.1 Å². The van der Waals surface area contributed by atoms with E-state index in [2.05, 4.69) is 35.0 Å². The van der Waals surface area contributed by atoms with Crippen LogP contribution >= 0.6 is 15.9 Å². The van der Waals surface area contributed by atoms with Crippen LogP contribution in [-0.4, -0.2) is 16.7 Å². The average molecular weight is 421 g/mol. The molecule has 3 rings (SSSR count). The summed E-state index contributed by atoms with van der Waals surface area (Å²) >= 11 is 3.37. The van der Waals surface area contributed by atoms with Crippen LogP contribution in [-0.2, 0) is 0 Å². The molecule has 4 heteroatoms. The number of halogens is 1. The highest BCUT2D eigenvalue weighted by atomic mass is 79.9. The van der Waals surface area contributed by atoms with E-state index in [1.807, 2.05) is 67.6 Å². The summed E-state index contributed by atoms with van der Waals surface area (Å²) in [7, 11) is 0. The fourth-order valence-electron chi connectivity index (χ4n) is 2.77. The van der Waals surface area contributed by atoms with Crippen molar-refractivity contribution in [2.24, 2.45) is 9.98 Å². The van der Waals surface area contributed by atoms with Gasteiger partial charge in [0.05, 0.1) is 11.8 Å². The molecule has 0 aliphatic carbocycles. The van der Waals surface area contributed by atoms with Crippen molar-refractivity contribution in [1.82, 2.24) is 0 Å². The summed E-state index contributed by atoms with van der Waals surface area (Å²) in [6.45, 7) is 3.94. The zero-order chi connectivity index (χ0) is 19.2. The molecule has 0 aromatic heterocycles. The summed E-state index contributed by atoms with van der Waals surface area (Å²) in [5, 5.41) is 10.3. The zero-order valence-electron chi connectivity index (χ0n) is 15.3.